The first-order chi connectivity index (χ1) is 10.00. The van der Waals surface area contributed by atoms with Crippen molar-refractivity contribution < 1.29 is 13.2 Å². The number of nitrogens with zero attached hydrogens (tertiary/aromatic N) is 1. The zero-order chi connectivity index (χ0) is 15.0. The predicted molar refractivity (Wildman–Crippen MR) is 81.8 cm³/mol. The van der Waals surface area contributed by atoms with Gasteiger partial charge in [0.05, 0.1) is 23.6 Å². The number of morpholine rings is 1. The number of sulfonamides is 1. The highest BCUT2D eigenvalue weighted by Gasteiger charge is 2.41. The molecule has 2 unspecified atom stereocenters. The molecule has 0 N–H and O–H groups in total. The maximum Gasteiger partial charge on any atom is 0.243 e. The Kier molecular flexibility index (Phi) is 4.08. The predicted octanol–water partition coefficient (Wildman–Crippen LogP) is 2.64. The molecule has 4 nitrogen and oxygen atoms in total. The molecule has 0 bridgehead atoms. The van der Waals surface area contributed by atoms with Gasteiger partial charge in [-0.1, -0.05) is 30.5 Å². The molecular weight excluding hydrogens is 286 g/mol. The smallest absolute Gasteiger partial charge is 0.243 e. The van der Waals surface area contributed by atoms with Gasteiger partial charge < -0.3 is 4.74 Å². The number of ether oxygens (including phenoxy) is 1. The Morgan fingerprint density at radius 2 is 1.95 bits per heavy atom. The summed E-state index contributed by atoms with van der Waals surface area (Å²) in [4.78, 5) is 0.444. The van der Waals surface area contributed by atoms with Gasteiger partial charge in [-0.3, -0.25) is 0 Å². The molecular formula is C16H23NO3S. The molecule has 2 aliphatic rings. The summed E-state index contributed by atoms with van der Waals surface area (Å²) in [6.07, 6.45) is 4.19. The average molecular weight is 309 g/mol. The summed E-state index contributed by atoms with van der Waals surface area (Å²) >= 11 is 0. The fourth-order valence-electron chi connectivity index (χ4n) is 3.57. The minimum absolute atomic E-state index is 0.0122. The average Bonchev–Trinajstić information content (AvgIpc) is 2.46. The Bertz CT molecular complexity index is 624. The van der Waals surface area contributed by atoms with Crippen molar-refractivity contribution in [3.8, 4) is 0 Å². The van der Waals surface area contributed by atoms with Gasteiger partial charge in [0.1, 0.15) is 0 Å². The number of rotatable bonds is 2. The van der Waals surface area contributed by atoms with E-state index in [0.29, 0.717) is 18.0 Å². The zero-order valence-electron chi connectivity index (χ0n) is 12.7. The third-order valence-corrected chi connectivity index (χ3v) is 6.68. The Labute approximate surface area is 127 Å². The van der Waals surface area contributed by atoms with Gasteiger partial charge in [-0.2, -0.15) is 4.31 Å². The second-order valence-corrected chi connectivity index (χ2v) is 8.00. The SMILES string of the molecule is Cc1ccc(S(=O)(=O)N2CCOC3CCCCC32)c(C)c1. The number of fused-ring (bicyclic) bond motifs is 1. The van der Waals surface area contributed by atoms with E-state index < -0.39 is 10.0 Å². The lowest BCUT2D eigenvalue weighted by molar-refractivity contribution is -0.0586. The third kappa shape index (κ3) is 2.74. The highest BCUT2D eigenvalue weighted by molar-refractivity contribution is 7.89. The number of benzene rings is 1. The number of aryl methyl sites for hydroxylation is 2. The van der Waals surface area contributed by atoms with E-state index in [9.17, 15) is 8.42 Å². The van der Waals surface area contributed by atoms with Gasteiger partial charge in [0.2, 0.25) is 10.0 Å². The largest absolute Gasteiger partial charge is 0.375 e. The summed E-state index contributed by atoms with van der Waals surface area (Å²) < 4.78 is 33.6. The van der Waals surface area contributed by atoms with E-state index in [4.69, 9.17) is 4.74 Å². The molecule has 0 spiro atoms. The van der Waals surface area contributed by atoms with Crippen LogP contribution in [0.2, 0.25) is 0 Å². The highest BCUT2D eigenvalue weighted by Crippen LogP contribution is 2.33. The summed E-state index contributed by atoms with van der Waals surface area (Å²) in [5.41, 5.74) is 1.91. The Hall–Kier alpha value is -0.910. The number of hydrogen-bond acceptors (Lipinski definition) is 3. The van der Waals surface area contributed by atoms with Crippen LogP contribution in [0.3, 0.4) is 0 Å². The summed E-state index contributed by atoms with van der Waals surface area (Å²) in [6.45, 7) is 4.83. The summed E-state index contributed by atoms with van der Waals surface area (Å²) in [5.74, 6) is 0. The molecule has 2 fully saturated rings. The van der Waals surface area contributed by atoms with Crippen LogP contribution < -0.4 is 0 Å². The molecule has 116 valence electrons. The van der Waals surface area contributed by atoms with Crippen LogP contribution in [0.1, 0.15) is 36.8 Å². The lowest BCUT2D eigenvalue weighted by Gasteiger charge is -2.42. The molecule has 0 aromatic heterocycles. The summed E-state index contributed by atoms with van der Waals surface area (Å²) in [6, 6.07) is 5.57. The quantitative estimate of drug-likeness (QED) is 0.844. The molecule has 2 atom stereocenters. The lowest BCUT2D eigenvalue weighted by atomic mass is 9.91. The molecule has 1 aromatic carbocycles. The van der Waals surface area contributed by atoms with E-state index >= 15 is 0 Å². The Balaban J connectivity index is 1.96. The van der Waals surface area contributed by atoms with Crippen molar-refractivity contribution in [2.24, 2.45) is 0 Å². The van der Waals surface area contributed by atoms with Gasteiger partial charge in [-0.25, -0.2) is 8.42 Å². The molecule has 1 heterocycles. The molecule has 1 aliphatic carbocycles. The van der Waals surface area contributed by atoms with Crippen molar-refractivity contribution in [3.05, 3.63) is 29.3 Å². The van der Waals surface area contributed by atoms with Crippen LogP contribution in [-0.4, -0.2) is 38.0 Å². The molecule has 0 radical (unpaired) electrons. The van der Waals surface area contributed by atoms with E-state index in [2.05, 4.69) is 0 Å². The maximum absolute atomic E-state index is 13.0. The molecule has 1 aromatic rings. The second-order valence-electron chi connectivity index (χ2n) is 6.15. The first kappa shape index (κ1) is 15.0. The standard InChI is InChI=1S/C16H23NO3S/c1-12-7-8-16(13(2)11-12)21(18,19)17-9-10-20-15-6-4-3-5-14(15)17/h7-8,11,14-15H,3-6,9-10H2,1-2H3. The zero-order valence-corrected chi connectivity index (χ0v) is 13.5. The molecule has 1 saturated carbocycles. The normalized spacial score (nSPS) is 27.3. The van der Waals surface area contributed by atoms with Gasteiger partial charge in [0.15, 0.2) is 0 Å². The van der Waals surface area contributed by atoms with Crippen LogP contribution in [0.25, 0.3) is 0 Å². The van der Waals surface area contributed by atoms with E-state index in [1.807, 2.05) is 26.0 Å². The van der Waals surface area contributed by atoms with Crippen LogP contribution >= 0.6 is 0 Å². The topological polar surface area (TPSA) is 46.6 Å². The minimum atomic E-state index is -3.43. The fraction of sp³-hybridized carbons (Fsp3) is 0.625. The molecule has 1 saturated heterocycles. The Morgan fingerprint density at radius 3 is 2.71 bits per heavy atom. The molecule has 1 aliphatic heterocycles. The number of hydrogen-bond donors (Lipinski definition) is 0. The second kappa shape index (κ2) is 5.71. The molecule has 21 heavy (non-hydrogen) atoms. The maximum atomic E-state index is 13.0. The van der Waals surface area contributed by atoms with Gasteiger partial charge in [0.25, 0.3) is 0 Å². The van der Waals surface area contributed by atoms with E-state index in [0.717, 1.165) is 36.8 Å². The minimum Gasteiger partial charge on any atom is -0.375 e. The van der Waals surface area contributed by atoms with Gasteiger partial charge in [0, 0.05) is 6.54 Å². The fourth-order valence-corrected chi connectivity index (χ4v) is 5.45. The highest BCUT2D eigenvalue weighted by atomic mass is 32.2. The first-order valence-electron chi connectivity index (χ1n) is 7.71. The van der Waals surface area contributed by atoms with Crippen molar-refractivity contribution in [2.75, 3.05) is 13.2 Å². The van der Waals surface area contributed by atoms with Crippen molar-refractivity contribution >= 4 is 10.0 Å². The van der Waals surface area contributed by atoms with Crippen molar-refractivity contribution in [1.29, 1.82) is 0 Å². The van der Waals surface area contributed by atoms with Gasteiger partial charge in [-0.15, -0.1) is 0 Å². The van der Waals surface area contributed by atoms with Crippen LogP contribution in [-0.2, 0) is 14.8 Å². The van der Waals surface area contributed by atoms with Crippen molar-refractivity contribution in [1.82, 2.24) is 4.31 Å². The Morgan fingerprint density at radius 1 is 1.19 bits per heavy atom. The molecule has 5 heteroatoms. The molecule has 3 rings (SSSR count). The summed E-state index contributed by atoms with van der Waals surface area (Å²) in [5, 5.41) is 0. The van der Waals surface area contributed by atoms with E-state index in [1.54, 1.807) is 10.4 Å². The van der Waals surface area contributed by atoms with Crippen LogP contribution in [0.15, 0.2) is 23.1 Å². The lowest BCUT2D eigenvalue weighted by Crippen LogP contribution is -2.54. The van der Waals surface area contributed by atoms with Crippen molar-refractivity contribution in [3.63, 3.8) is 0 Å². The summed E-state index contributed by atoms with van der Waals surface area (Å²) in [7, 11) is -3.43. The first-order valence-corrected chi connectivity index (χ1v) is 9.15. The van der Waals surface area contributed by atoms with Crippen LogP contribution in [0, 0.1) is 13.8 Å². The van der Waals surface area contributed by atoms with E-state index in [-0.39, 0.29) is 12.1 Å². The van der Waals surface area contributed by atoms with Crippen LogP contribution in [0.5, 0.6) is 0 Å². The van der Waals surface area contributed by atoms with Crippen LogP contribution in [0.4, 0.5) is 0 Å². The third-order valence-electron chi connectivity index (χ3n) is 4.60. The monoisotopic (exact) mass is 309 g/mol. The van der Waals surface area contributed by atoms with Gasteiger partial charge in [-0.05, 0) is 38.3 Å². The molecule has 0 amide bonds. The van der Waals surface area contributed by atoms with Gasteiger partial charge >= 0.3 is 0 Å². The van der Waals surface area contributed by atoms with E-state index in [1.165, 1.54) is 0 Å². The van der Waals surface area contributed by atoms with Crippen molar-refractivity contribution in [2.45, 2.75) is 56.6 Å².